The molecular formula is C14H21N5O2. The van der Waals surface area contributed by atoms with Crippen LogP contribution in [0.1, 0.15) is 39.4 Å². The Kier molecular flexibility index (Phi) is 4.40. The molecule has 1 aliphatic rings. The van der Waals surface area contributed by atoms with Gasteiger partial charge in [0.1, 0.15) is 23.5 Å². The Morgan fingerprint density at radius 2 is 2.14 bits per heavy atom. The number of rotatable bonds is 4. The number of anilines is 2. The average Bonchev–Trinajstić information content (AvgIpc) is 2.42. The van der Waals surface area contributed by atoms with Crippen molar-refractivity contribution in [2.24, 2.45) is 0 Å². The van der Waals surface area contributed by atoms with Gasteiger partial charge in [0.15, 0.2) is 0 Å². The molecule has 0 radical (unpaired) electrons. The number of amides is 2. The van der Waals surface area contributed by atoms with Crippen LogP contribution in [0.3, 0.4) is 0 Å². The van der Waals surface area contributed by atoms with Gasteiger partial charge in [0, 0.05) is 18.5 Å². The summed E-state index contributed by atoms with van der Waals surface area (Å²) in [5.74, 6) is 1.53. The molecule has 1 aliphatic heterocycles. The number of imide groups is 1. The molecule has 2 rings (SSSR count). The maximum absolute atomic E-state index is 11.8. The summed E-state index contributed by atoms with van der Waals surface area (Å²) in [6.07, 6.45) is 0. The highest BCUT2D eigenvalue weighted by Crippen LogP contribution is 2.22. The van der Waals surface area contributed by atoms with Crippen molar-refractivity contribution in [1.29, 1.82) is 0 Å². The summed E-state index contributed by atoms with van der Waals surface area (Å²) in [5, 5.41) is 5.48. The van der Waals surface area contributed by atoms with Gasteiger partial charge in [-0.1, -0.05) is 13.8 Å². The molecule has 1 aromatic rings. The molecule has 1 unspecified atom stereocenters. The van der Waals surface area contributed by atoms with E-state index in [2.05, 4.69) is 20.6 Å². The van der Waals surface area contributed by atoms with E-state index >= 15 is 0 Å². The summed E-state index contributed by atoms with van der Waals surface area (Å²) < 4.78 is 0. The molecule has 0 spiro atoms. The maximum atomic E-state index is 11.8. The molecule has 0 bridgehead atoms. The van der Waals surface area contributed by atoms with Crippen LogP contribution in [0.15, 0.2) is 6.07 Å². The van der Waals surface area contributed by atoms with Crippen LogP contribution in [-0.2, 0) is 9.59 Å². The molecule has 7 nitrogen and oxygen atoms in total. The van der Waals surface area contributed by atoms with E-state index in [0.717, 1.165) is 6.54 Å². The largest absolute Gasteiger partial charge is 0.370 e. The van der Waals surface area contributed by atoms with Gasteiger partial charge < -0.3 is 10.2 Å². The normalized spacial score (nSPS) is 18.9. The molecule has 0 aromatic carbocycles. The van der Waals surface area contributed by atoms with E-state index in [0.29, 0.717) is 17.5 Å². The summed E-state index contributed by atoms with van der Waals surface area (Å²) in [7, 11) is 0. The molecule has 0 aliphatic carbocycles. The van der Waals surface area contributed by atoms with Crippen LogP contribution in [-0.4, -0.2) is 40.9 Å². The second-order valence-electron chi connectivity index (χ2n) is 5.37. The van der Waals surface area contributed by atoms with E-state index in [9.17, 15) is 9.59 Å². The Labute approximate surface area is 124 Å². The standard InChI is InChI=1S/C14H21N5O2/c1-5-15-10-6-11(17-13(16-10)8(2)3)19-7-12(20)18-14(21)9(19)4/h6,8-9H,5,7H2,1-4H3,(H,15,16,17)(H,18,20,21). The van der Waals surface area contributed by atoms with Crippen molar-refractivity contribution in [3.63, 3.8) is 0 Å². The van der Waals surface area contributed by atoms with Crippen molar-refractivity contribution in [2.75, 3.05) is 23.3 Å². The fourth-order valence-corrected chi connectivity index (χ4v) is 2.12. The third-order valence-corrected chi connectivity index (χ3v) is 3.32. The smallest absolute Gasteiger partial charge is 0.249 e. The predicted octanol–water partition coefficient (Wildman–Crippen LogP) is 0.883. The number of carbonyl (C=O) groups excluding carboxylic acids is 2. The lowest BCUT2D eigenvalue weighted by Crippen LogP contribution is -2.57. The Morgan fingerprint density at radius 3 is 2.76 bits per heavy atom. The summed E-state index contributed by atoms with van der Waals surface area (Å²) in [6.45, 7) is 8.61. The number of piperazine rings is 1. The molecule has 1 fully saturated rings. The Morgan fingerprint density at radius 1 is 1.43 bits per heavy atom. The molecule has 0 saturated carbocycles. The minimum atomic E-state index is -0.438. The summed E-state index contributed by atoms with van der Waals surface area (Å²) in [5.41, 5.74) is 0. The first-order chi connectivity index (χ1) is 9.92. The van der Waals surface area contributed by atoms with Crippen LogP contribution < -0.4 is 15.5 Å². The zero-order valence-corrected chi connectivity index (χ0v) is 12.8. The van der Waals surface area contributed by atoms with E-state index in [1.807, 2.05) is 20.8 Å². The van der Waals surface area contributed by atoms with Gasteiger partial charge in [-0.05, 0) is 13.8 Å². The van der Waals surface area contributed by atoms with Crippen molar-refractivity contribution in [1.82, 2.24) is 15.3 Å². The fraction of sp³-hybridized carbons (Fsp3) is 0.571. The predicted molar refractivity (Wildman–Crippen MR) is 80.2 cm³/mol. The van der Waals surface area contributed by atoms with Crippen molar-refractivity contribution in [3.8, 4) is 0 Å². The first-order valence-corrected chi connectivity index (χ1v) is 7.15. The minimum Gasteiger partial charge on any atom is -0.370 e. The molecule has 2 N–H and O–H groups in total. The monoisotopic (exact) mass is 291 g/mol. The zero-order chi connectivity index (χ0) is 15.6. The number of aromatic nitrogens is 2. The zero-order valence-electron chi connectivity index (χ0n) is 12.8. The van der Waals surface area contributed by atoms with Crippen LogP contribution in [0.5, 0.6) is 0 Å². The van der Waals surface area contributed by atoms with Crippen molar-refractivity contribution < 1.29 is 9.59 Å². The highest BCUT2D eigenvalue weighted by molar-refractivity contribution is 6.04. The SMILES string of the molecule is CCNc1cc(N2CC(=O)NC(=O)C2C)nc(C(C)C)n1. The van der Waals surface area contributed by atoms with Crippen LogP contribution in [0.25, 0.3) is 0 Å². The number of carbonyl (C=O) groups is 2. The van der Waals surface area contributed by atoms with Crippen LogP contribution >= 0.6 is 0 Å². The minimum absolute atomic E-state index is 0.118. The maximum Gasteiger partial charge on any atom is 0.249 e. The quantitative estimate of drug-likeness (QED) is 0.801. The molecule has 1 saturated heterocycles. The van der Waals surface area contributed by atoms with Gasteiger partial charge in [0.25, 0.3) is 0 Å². The van der Waals surface area contributed by atoms with E-state index in [4.69, 9.17) is 0 Å². The van der Waals surface area contributed by atoms with Crippen molar-refractivity contribution in [2.45, 2.75) is 39.7 Å². The van der Waals surface area contributed by atoms with E-state index in [1.54, 1.807) is 17.9 Å². The molecule has 2 amide bonds. The van der Waals surface area contributed by atoms with Gasteiger partial charge in [-0.2, -0.15) is 0 Å². The Bertz CT molecular complexity index is 558. The van der Waals surface area contributed by atoms with Gasteiger partial charge in [-0.15, -0.1) is 0 Å². The first kappa shape index (κ1) is 15.2. The van der Waals surface area contributed by atoms with Crippen molar-refractivity contribution >= 4 is 23.5 Å². The first-order valence-electron chi connectivity index (χ1n) is 7.15. The molecule has 7 heteroatoms. The third-order valence-electron chi connectivity index (χ3n) is 3.32. The molecule has 2 heterocycles. The highest BCUT2D eigenvalue weighted by atomic mass is 16.2. The van der Waals surface area contributed by atoms with Gasteiger partial charge >= 0.3 is 0 Å². The lowest BCUT2D eigenvalue weighted by atomic mass is 10.2. The fourth-order valence-electron chi connectivity index (χ4n) is 2.12. The van der Waals surface area contributed by atoms with Crippen LogP contribution in [0.4, 0.5) is 11.6 Å². The lowest BCUT2D eigenvalue weighted by Gasteiger charge is -2.33. The molecule has 114 valence electrons. The molecule has 1 aromatic heterocycles. The number of hydrogen-bond donors (Lipinski definition) is 2. The van der Waals surface area contributed by atoms with Gasteiger partial charge in [0.05, 0.1) is 6.54 Å². The Balaban J connectivity index is 2.41. The second kappa shape index (κ2) is 6.07. The number of hydrogen-bond acceptors (Lipinski definition) is 6. The third kappa shape index (κ3) is 3.29. The lowest BCUT2D eigenvalue weighted by molar-refractivity contribution is -0.132. The van der Waals surface area contributed by atoms with Gasteiger partial charge in [-0.3, -0.25) is 14.9 Å². The summed E-state index contributed by atoms with van der Waals surface area (Å²) in [4.78, 5) is 34.0. The molecular weight excluding hydrogens is 270 g/mol. The summed E-state index contributed by atoms with van der Waals surface area (Å²) in [6, 6.07) is 1.34. The molecule has 1 atom stereocenters. The summed E-state index contributed by atoms with van der Waals surface area (Å²) >= 11 is 0. The van der Waals surface area contributed by atoms with E-state index < -0.39 is 6.04 Å². The van der Waals surface area contributed by atoms with E-state index in [-0.39, 0.29) is 24.3 Å². The second-order valence-corrected chi connectivity index (χ2v) is 5.37. The van der Waals surface area contributed by atoms with Crippen molar-refractivity contribution in [3.05, 3.63) is 11.9 Å². The highest BCUT2D eigenvalue weighted by Gasteiger charge is 2.31. The van der Waals surface area contributed by atoms with Crippen LogP contribution in [0.2, 0.25) is 0 Å². The average molecular weight is 291 g/mol. The Hall–Kier alpha value is -2.18. The van der Waals surface area contributed by atoms with Crippen LogP contribution in [0, 0.1) is 0 Å². The van der Waals surface area contributed by atoms with Gasteiger partial charge in [0.2, 0.25) is 11.8 Å². The number of nitrogens with zero attached hydrogens (tertiary/aromatic N) is 3. The molecule has 21 heavy (non-hydrogen) atoms. The topological polar surface area (TPSA) is 87.2 Å². The van der Waals surface area contributed by atoms with Gasteiger partial charge in [-0.25, -0.2) is 9.97 Å². The number of nitrogens with one attached hydrogen (secondary N) is 2. The van der Waals surface area contributed by atoms with E-state index in [1.165, 1.54) is 0 Å².